The largest absolute Gasteiger partial charge is 0.369 e. The molecule has 1 saturated carbocycles. The van der Waals surface area contributed by atoms with Gasteiger partial charge in [-0.1, -0.05) is 12.1 Å². The molecule has 1 aromatic rings. The number of anilines is 1. The molecule has 0 unspecified atom stereocenters. The van der Waals surface area contributed by atoms with E-state index in [2.05, 4.69) is 54.1 Å². The summed E-state index contributed by atoms with van der Waals surface area (Å²) in [5.41, 5.74) is 4.06. The Morgan fingerprint density at radius 2 is 1.91 bits per heavy atom. The molecule has 0 aromatic heterocycles. The molecular formula is C19H29N3O. The lowest BCUT2D eigenvalue weighted by molar-refractivity contribution is -0.123. The van der Waals surface area contributed by atoms with Crippen molar-refractivity contribution in [3.8, 4) is 0 Å². The zero-order chi connectivity index (χ0) is 16.4. The zero-order valence-electron chi connectivity index (χ0n) is 14.6. The van der Waals surface area contributed by atoms with Gasteiger partial charge in [0, 0.05) is 37.9 Å². The second-order valence-corrected chi connectivity index (χ2v) is 7.18. The number of carbonyl (C=O) groups excluding carboxylic acids is 1. The van der Waals surface area contributed by atoms with Crippen LogP contribution in [0, 0.1) is 19.8 Å². The predicted molar refractivity (Wildman–Crippen MR) is 94.9 cm³/mol. The quantitative estimate of drug-likeness (QED) is 0.906. The summed E-state index contributed by atoms with van der Waals surface area (Å²) < 4.78 is 0. The maximum Gasteiger partial charge on any atom is 0.234 e. The molecule has 0 bridgehead atoms. The van der Waals surface area contributed by atoms with Crippen LogP contribution in [0.25, 0.3) is 0 Å². The third kappa shape index (κ3) is 4.05. The monoisotopic (exact) mass is 315 g/mol. The lowest BCUT2D eigenvalue weighted by atomic mass is 10.1. The zero-order valence-corrected chi connectivity index (χ0v) is 14.6. The Morgan fingerprint density at radius 3 is 2.57 bits per heavy atom. The molecule has 1 atom stereocenters. The first-order chi connectivity index (χ1) is 11.0. The van der Waals surface area contributed by atoms with Crippen LogP contribution in [0.5, 0.6) is 0 Å². The Hall–Kier alpha value is -1.55. The van der Waals surface area contributed by atoms with Crippen LogP contribution in [-0.4, -0.2) is 49.6 Å². The molecule has 126 valence electrons. The molecule has 3 rings (SSSR count). The molecule has 1 amide bonds. The van der Waals surface area contributed by atoms with Gasteiger partial charge < -0.3 is 10.2 Å². The normalized spacial score (nSPS) is 20.4. The summed E-state index contributed by atoms with van der Waals surface area (Å²) >= 11 is 0. The van der Waals surface area contributed by atoms with Crippen LogP contribution >= 0.6 is 0 Å². The molecule has 2 fully saturated rings. The number of amides is 1. The van der Waals surface area contributed by atoms with Crippen molar-refractivity contribution in [2.75, 3.05) is 37.6 Å². The first-order valence-corrected chi connectivity index (χ1v) is 8.87. The number of nitrogens with one attached hydrogen (secondary N) is 1. The van der Waals surface area contributed by atoms with Gasteiger partial charge in [-0.25, -0.2) is 0 Å². The van der Waals surface area contributed by atoms with E-state index in [0.29, 0.717) is 12.6 Å². The van der Waals surface area contributed by atoms with Crippen molar-refractivity contribution in [3.05, 3.63) is 29.3 Å². The summed E-state index contributed by atoms with van der Waals surface area (Å²) in [5, 5.41) is 3.15. The van der Waals surface area contributed by atoms with Gasteiger partial charge in [-0.05, 0) is 56.7 Å². The standard InChI is InChI=1S/C19H29N3O/c1-14-5-4-6-18(15(14)2)22-11-9-21(10-12-22)13-19(23)20-16(3)17-7-8-17/h4-6,16-17H,7-13H2,1-3H3,(H,20,23)/t16-/m1/s1. The van der Waals surface area contributed by atoms with Gasteiger partial charge in [0.2, 0.25) is 5.91 Å². The Kier molecular flexibility index (Phi) is 4.90. The average Bonchev–Trinajstić information content (AvgIpc) is 3.36. The molecular weight excluding hydrogens is 286 g/mol. The van der Waals surface area contributed by atoms with Gasteiger partial charge in [-0.3, -0.25) is 9.69 Å². The second kappa shape index (κ2) is 6.91. The summed E-state index contributed by atoms with van der Waals surface area (Å²) in [5.74, 6) is 0.907. The van der Waals surface area contributed by atoms with E-state index in [1.165, 1.54) is 29.7 Å². The lowest BCUT2D eigenvalue weighted by Crippen LogP contribution is -2.50. The van der Waals surface area contributed by atoms with Crippen LogP contribution in [0.1, 0.15) is 30.9 Å². The number of hydrogen-bond donors (Lipinski definition) is 1. The van der Waals surface area contributed by atoms with Gasteiger partial charge in [0.1, 0.15) is 0 Å². The summed E-state index contributed by atoms with van der Waals surface area (Å²) in [6, 6.07) is 6.86. The number of hydrogen-bond acceptors (Lipinski definition) is 3. The van der Waals surface area contributed by atoms with Crippen LogP contribution in [0.15, 0.2) is 18.2 Å². The van der Waals surface area contributed by atoms with Crippen molar-refractivity contribution in [1.29, 1.82) is 0 Å². The van der Waals surface area contributed by atoms with Crippen molar-refractivity contribution in [2.24, 2.45) is 5.92 Å². The van der Waals surface area contributed by atoms with Gasteiger partial charge in [-0.15, -0.1) is 0 Å². The smallest absolute Gasteiger partial charge is 0.234 e. The molecule has 0 radical (unpaired) electrons. The van der Waals surface area contributed by atoms with Crippen LogP contribution in [0.3, 0.4) is 0 Å². The van der Waals surface area contributed by atoms with Crippen molar-refractivity contribution >= 4 is 11.6 Å². The molecule has 0 spiro atoms. The minimum atomic E-state index is 0.185. The maximum atomic E-state index is 12.1. The van der Waals surface area contributed by atoms with E-state index in [1.54, 1.807) is 0 Å². The lowest BCUT2D eigenvalue weighted by Gasteiger charge is -2.36. The summed E-state index contributed by atoms with van der Waals surface area (Å²) in [7, 11) is 0. The Bertz CT molecular complexity index is 560. The second-order valence-electron chi connectivity index (χ2n) is 7.18. The molecule has 4 heteroatoms. The Labute approximate surface area is 139 Å². The number of benzene rings is 1. The molecule has 1 saturated heterocycles. The van der Waals surface area contributed by atoms with Crippen molar-refractivity contribution in [3.63, 3.8) is 0 Å². The van der Waals surface area contributed by atoms with Crippen LogP contribution in [0.2, 0.25) is 0 Å². The van der Waals surface area contributed by atoms with E-state index in [1.807, 2.05) is 0 Å². The molecule has 23 heavy (non-hydrogen) atoms. The fourth-order valence-electron chi connectivity index (χ4n) is 3.44. The molecule has 1 aliphatic heterocycles. The van der Waals surface area contributed by atoms with E-state index in [4.69, 9.17) is 0 Å². The van der Waals surface area contributed by atoms with E-state index in [9.17, 15) is 4.79 Å². The van der Waals surface area contributed by atoms with Crippen LogP contribution in [0.4, 0.5) is 5.69 Å². The summed E-state index contributed by atoms with van der Waals surface area (Å²) in [4.78, 5) is 16.9. The number of nitrogens with zero attached hydrogens (tertiary/aromatic N) is 2. The highest BCUT2D eigenvalue weighted by Gasteiger charge is 2.29. The molecule has 1 N–H and O–H groups in total. The summed E-state index contributed by atoms with van der Waals surface area (Å²) in [6.45, 7) is 10.9. The minimum absolute atomic E-state index is 0.185. The molecule has 2 aliphatic rings. The maximum absolute atomic E-state index is 12.1. The van der Waals surface area contributed by atoms with E-state index in [-0.39, 0.29) is 5.91 Å². The highest BCUT2D eigenvalue weighted by atomic mass is 16.2. The predicted octanol–water partition coefficient (Wildman–Crippen LogP) is 2.34. The van der Waals surface area contributed by atoms with Crippen molar-refractivity contribution < 1.29 is 4.79 Å². The Morgan fingerprint density at radius 1 is 1.22 bits per heavy atom. The molecule has 1 heterocycles. The fourth-order valence-corrected chi connectivity index (χ4v) is 3.44. The first-order valence-electron chi connectivity index (χ1n) is 8.87. The summed E-state index contributed by atoms with van der Waals surface area (Å²) in [6.07, 6.45) is 2.55. The van der Waals surface area contributed by atoms with Gasteiger partial charge in [0.15, 0.2) is 0 Å². The molecule has 4 nitrogen and oxygen atoms in total. The first kappa shape index (κ1) is 16.3. The van der Waals surface area contributed by atoms with Gasteiger partial charge >= 0.3 is 0 Å². The van der Waals surface area contributed by atoms with Crippen molar-refractivity contribution in [2.45, 2.75) is 39.7 Å². The number of rotatable bonds is 5. The van der Waals surface area contributed by atoms with Crippen molar-refractivity contribution in [1.82, 2.24) is 10.2 Å². The topological polar surface area (TPSA) is 35.6 Å². The third-order valence-corrected chi connectivity index (χ3v) is 5.37. The Balaban J connectivity index is 1.48. The van der Waals surface area contributed by atoms with E-state index in [0.717, 1.165) is 32.1 Å². The van der Waals surface area contributed by atoms with E-state index >= 15 is 0 Å². The SMILES string of the molecule is Cc1cccc(N2CCN(CC(=O)N[C@H](C)C3CC3)CC2)c1C. The molecule has 1 aromatic carbocycles. The average molecular weight is 315 g/mol. The highest BCUT2D eigenvalue weighted by Crippen LogP contribution is 2.32. The van der Waals surface area contributed by atoms with E-state index < -0.39 is 0 Å². The fraction of sp³-hybridized carbons (Fsp3) is 0.632. The number of piperazine rings is 1. The van der Waals surface area contributed by atoms with Crippen LogP contribution < -0.4 is 10.2 Å². The minimum Gasteiger partial charge on any atom is -0.369 e. The number of aryl methyl sites for hydroxylation is 1. The van der Waals surface area contributed by atoms with Gasteiger partial charge in [0.05, 0.1) is 6.54 Å². The molecule has 1 aliphatic carbocycles. The van der Waals surface area contributed by atoms with Crippen LogP contribution in [-0.2, 0) is 4.79 Å². The van der Waals surface area contributed by atoms with Gasteiger partial charge in [-0.2, -0.15) is 0 Å². The van der Waals surface area contributed by atoms with Gasteiger partial charge in [0.25, 0.3) is 0 Å². The highest BCUT2D eigenvalue weighted by molar-refractivity contribution is 5.78. The number of carbonyl (C=O) groups is 1. The third-order valence-electron chi connectivity index (χ3n) is 5.37.